The minimum absolute atomic E-state index is 0.341. The molecule has 1 aromatic carbocycles. The van der Waals surface area contributed by atoms with E-state index in [2.05, 4.69) is 60.8 Å². The van der Waals surface area contributed by atoms with Crippen LogP contribution in [0, 0.1) is 6.92 Å². The fourth-order valence-corrected chi connectivity index (χ4v) is 3.78. The summed E-state index contributed by atoms with van der Waals surface area (Å²) in [5.74, 6) is 3.37. The third-order valence-electron chi connectivity index (χ3n) is 5.17. The van der Waals surface area contributed by atoms with Gasteiger partial charge in [-0.1, -0.05) is 37.3 Å². The fraction of sp³-hybridized carbons (Fsp3) is 0.400. The maximum Gasteiger partial charge on any atom is 0.222 e. The second-order valence-corrected chi connectivity index (χ2v) is 6.91. The van der Waals surface area contributed by atoms with Crippen LogP contribution in [0.15, 0.2) is 30.3 Å². The standard InChI is InChI=1S/C20H25N7/c1-3-16-14(2)22-20(21)23-19(16)26-10-9-17-24-25-18(27(17)12-11-26)13-15-7-5-4-6-8-15/h4-8H,3,9-13H2,1-2H3,(H2,21,22,23). The molecule has 3 heterocycles. The Morgan fingerprint density at radius 1 is 1.04 bits per heavy atom. The van der Waals surface area contributed by atoms with Gasteiger partial charge in [-0.05, 0) is 18.9 Å². The molecule has 0 radical (unpaired) electrons. The first-order chi connectivity index (χ1) is 13.2. The molecular weight excluding hydrogens is 338 g/mol. The number of benzene rings is 1. The molecule has 0 spiro atoms. The molecule has 0 atom stereocenters. The number of nitrogens with two attached hydrogens (primary N) is 1. The highest BCUT2D eigenvalue weighted by atomic mass is 15.3. The summed E-state index contributed by atoms with van der Waals surface area (Å²) in [6.45, 7) is 6.69. The van der Waals surface area contributed by atoms with E-state index in [1.807, 2.05) is 13.0 Å². The van der Waals surface area contributed by atoms with Gasteiger partial charge < -0.3 is 15.2 Å². The Morgan fingerprint density at radius 2 is 1.85 bits per heavy atom. The maximum atomic E-state index is 5.93. The molecule has 1 aliphatic rings. The molecular formula is C20H25N7. The molecule has 2 N–H and O–H groups in total. The summed E-state index contributed by atoms with van der Waals surface area (Å²) in [6.07, 6.45) is 2.53. The Kier molecular flexibility index (Phi) is 4.75. The molecule has 7 heteroatoms. The highest BCUT2D eigenvalue weighted by molar-refractivity contribution is 5.52. The van der Waals surface area contributed by atoms with Gasteiger partial charge >= 0.3 is 0 Å². The van der Waals surface area contributed by atoms with Crippen molar-refractivity contribution in [1.82, 2.24) is 24.7 Å². The zero-order valence-corrected chi connectivity index (χ0v) is 15.9. The molecule has 2 aromatic heterocycles. The number of fused-ring (bicyclic) bond motifs is 1. The lowest BCUT2D eigenvalue weighted by Crippen LogP contribution is -2.29. The van der Waals surface area contributed by atoms with Gasteiger partial charge in [-0.25, -0.2) is 4.98 Å². The fourth-order valence-electron chi connectivity index (χ4n) is 3.78. The van der Waals surface area contributed by atoms with Gasteiger partial charge in [-0.3, -0.25) is 0 Å². The van der Waals surface area contributed by atoms with E-state index >= 15 is 0 Å². The number of aryl methyl sites for hydroxylation is 1. The molecule has 0 aliphatic carbocycles. The number of nitrogens with zero attached hydrogens (tertiary/aromatic N) is 6. The highest BCUT2D eigenvalue weighted by Crippen LogP contribution is 2.24. The Bertz CT molecular complexity index is 933. The van der Waals surface area contributed by atoms with Crippen molar-refractivity contribution in [3.05, 3.63) is 58.8 Å². The Labute approximate surface area is 159 Å². The molecule has 0 amide bonds. The van der Waals surface area contributed by atoms with Gasteiger partial charge in [0.1, 0.15) is 17.5 Å². The summed E-state index contributed by atoms with van der Waals surface area (Å²) in [4.78, 5) is 11.2. The van der Waals surface area contributed by atoms with Crippen LogP contribution in [-0.2, 0) is 25.8 Å². The monoisotopic (exact) mass is 363 g/mol. The van der Waals surface area contributed by atoms with Crippen molar-refractivity contribution < 1.29 is 0 Å². The van der Waals surface area contributed by atoms with E-state index < -0.39 is 0 Å². The van der Waals surface area contributed by atoms with Crippen LogP contribution < -0.4 is 10.6 Å². The Balaban J connectivity index is 1.58. The molecule has 140 valence electrons. The average molecular weight is 363 g/mol. The number of aromatic nitrogens is 5. The van der Waals surface area contributed by atoms with E-state index in [0.29, 0.717) is 5.95 Å². The van der Waals surface area contributed by atoms with Crippen molar-refractivity contribution in [2.45, 2.75) is 39.7 Å². The Hall–Kier alpha value is -2.96. The SMILES string of the molecule is CCc1c(C)nc(N)nc1N1CCc2nnc(Cc3ccccc3)n2CC1. The van der Waals surface area contributed by atoms with E-state index in [1.54, 1.807) is 0 Å². The van der Waals surface area contributed by atoms with Crippen LogP contribution in [0.1, 0.15) is 35.4 Å². The third-order valence-corrected chi connectivity index (χ3v) is 5.17. The van der Waals surface area contributed by atoms with Gasteiger partial charge in [-0.15, -0.1) is 10.2 Å². The first-order valence-corrected chi connectivity index (χ1v) is 9.48. The maximum absolute atomic E-state index is 5.93. The molecule has 1 aliphatic heterocycles. The summed E-state index contributed by atoms with van der Waals surface area (Å²) >= 11 is 0. The van der Waals surface area contributed by atoms with Gasteiger partial charge in [0.05, 0.1) is 0 Å². The predicted octanol–water partition coefficient (Wildman–Crippen LogP) is 2.17. The normalized spacial score (nSPS) is 14.1. The number of rotatable bonds is 4. The van der Waals surface area contributed by atoms with Crippen molar-refractivity contribution in [1.29, 1.82) is 0 Å². The van der Waals surface area contributed by atoms with Crippen LogP contribution in [-0.4, -0.2) is 37.8 Å². The lowest BCUT2D eigenvalue weighted by molar-refractivity contribution is 0.652. The summed E-state index contributed by atoms with van der Waals surface area (Å²) in [5.41, 5.74) is 9.32. The van der Waals surface area contributed by atoms with Crippen molar-refractivity contribution in [3.8, 4) is 0 Å². The summed E-state index contributed by atoms with van der Waals surface area (Å²) in [6, 6.07) is 10.4. The minimum atomic E-state index is 0.341. The lowest BCUT2D eigenvalue weighted by Gasteiger charge is -2.24. The summed E-state index contributed by atoms with van der Waals surface area (Å²) in [5, 5.41) is 8.89. The summed E-state index contributed by atoms with van der Waals surface area (Å²) < 4.78 is 2.26. The van der Waals surface area contributed by atoms with Crippen molar-refractivity contribution >= 4 is 11.8 Å². The van der Waals surface area contributed by atoms with E-state index in [9.17, 15) is 0 Å². The van der Waals surface area contributed by atoms with Gasteiger partial charge in [-0.2, -0.15) is 4.98 Å². The smallest absolute Gasteiger partial charge is 0.222 e. The molecule has 0 saturated carbocycles. The van der Waals surface area contributed by atoms with Crippen LogP contribution in [0.2, 0.25) is 0 Å². The van der Waals surface area contributed by atoms with Crippen molar-refractivity contribution in [2.75, 3.05) is 23.7 Å². The van der Waals surface area contributed by atoms with Crippen LogP contribution >= 0.6 is 0 Å². The number of anilines is 2. The van der Waals surface area contributed by atoms with Gasteiger partial charge in [0.25, 0.3) is 0 Å². The van der Waals surface area contributed by atoms with Gasteiger partial charge in [0, 0.05) is 43.7 Å². The van der Waals surface area contributed by atoms with Gasteiger partial charge in [0.2, 0.25) is 5.95 Å². The van der Waals surface area contributed by atoms with Crippen LogP contribution in [0.4, 0.5) is 11.8 Å². The Morgan fingerprint density at radius 3 is 2.63 bits per heavy atom. The largest absolute Gasteiger partial charge is 0.368 e. The number of nitrogen functional groups attached to an aromatic ring is 1. The van der Waals surface area contributed by atoms with Crippen molar-refractivity contribution in [3.63, 3.8) is 0 Å². The molecule has 27 heavy (non-hydrogen) atoms. The topological polar surface area (TPSA) is 85.8 Å². The summed E-state index contributed by atoms with van der Waals surface area (Å²) in [7, 11) is 0. The molecule has 0 bridgehead atoms. The van der Waals surface area contributed by atoms with E-state index in [-0.39, 0.29) is 0 Å². The minimum Gasteiger partial charge on any atom is -0.368 e. The third kappa shape index (κ3) is 3.49. The molecule has 0 fully saturated rings. The second-order valence-electron chi connectivity index (χ2n) is 6.91. The average Bonchev–Trinajstić information content (AvgIpc) is 2.91. The number of hydrogen-bond donors (Lipinski definition) is 1. The molecule has 0 saturated heterocycles. The quantitative estimate of drug-likeness (QED) is 0.765. The molecule has 3 aromatic rings. The highest BCUT2D eigenvalue weighted by Gasteiger charge is 2.22. The first kappa shape index (κ1) is 17.5. The first-order valence-electron chi connectivity index (χ1n) is 9.48. The van der Waals surface area contributed by atoms with Gasteiger partial charge in [0.15, 0.2) is 0 Å². The second kappa shape index (κ2) is 7.34. The molecule has 4 rings (SSSR count). The van der Waals surface area contributed by atoms with Crippen LogP contribution in [0.25, 0.3) is 0 Å². The zero-order chi connectivity index (χ0) is 18.8. The van der Waals surface area contributed by atoms with Crippen LogP contribution in [0.5, 0.6) is 0 Å². The number of hydrogen-bond acceptors (Lipinski definition) is 6. The van der Waals surface area contributed by atoms with E-state index in [4.69, 9.17) is 5.73 Å². The van der Waals surface area contributed by atoms with E-state index in [1.165, 1.54) is 11.1 Å². The van der Waals surface area contributed by atoms with Crippen molar-refractivity contribution in [2.24, 2.45) is 0 Å². The predicted molar refractivity (Wildman–Crippen MR) is 106 cm³/mol. The lowest BCUT2D eigenvalue weighted by atomic mass is 10.1. The van der Waals surface area contributed by atoms with Crippen LogP contribution in [0.3, 0.4) is 0 Å². The molecule has 7 nitrogen and oxygen atoms in total. The molecule has 0 unspecified atom stereocenters. The zero-order valence-electron chi connectivity index (χ0n) is 15.9. The van der Waals surface area contributed by atoms with E-state index in [0.717, 1.165) is 62.1 Å².